The largest absolute Gasteiger partial charge is 0.380 e. The Kier molecular flexibility index (Phi) is 5.06. The van der Waals surface area contributed by atoms with Crippen molar-refractivity contribution in [3.05, 3.63) is 11.1 Å². The van der Waals surface area contributed by atoms with Gasteiger partial charge in [0.15, 0.2) is 5.13 Å². The van der Waals surface area contributed by atoms with Crippen molar-refractivity contribution in [1.82, 2.24) is 10.3 Å². The van der Waals surface area contributed by atoms with Crippen molar-refractivity contribution in [2.45, 2.75) is 13.8 Å². The Labute approximate surface area is 92.9 Å². The number of rotatable bonds is 5. The van der Waals surface area contributed by atoms with Crippen molar-refractivity contribution in [3.8, 4) is 0 Å². The van der Waals surface area contributed by atoms with E-state index in [0.29, 0.717) is 24.9 Å². The van der Waals surface area contributed by atoms with Gasteiger partial charge in [-0.2, -0.15) is 0 Å². The molecule has 1 aromatic heterocycles. The van der Waals surface area contributed by atoms with Crippen molar-refractivity contribution in [2.24, 2.45) is 0 Å². The molecule has 2 amide bonds. The summed E-state index contributed by atoms with van der Waals surface area (Å²) in [7, 11) is 0. The highest BCUT2D eigenvalue weighted by atomic mass is 32.1. The number of hydrogen-bond donors (Lipinski definition) is 2. The van der Waals surface area contributed by atoms with Crippen LogP contribution in [0.4, 0.5) is 9.93 Å². The zero-order valence-corrected chi connectivity index (χ0v) is 9.69. The number of thiazole rings is 1. The Morgan fingerprint density at radius 1 is 1.67 bits per heavy atom. The van der Waals surface area contributed by atoms with E-state index >= 15 is 0 Å². The van der Waals surface area contributed by atoms with Gasteiger partial charge in [0.1, 0.15) is 0 Å². The molecule has 0 radical (unpaired) electrons. The minimum Gasteiger partial charge on any atom is -0.380 e. The molecule has 5 nitrogen and oxygen atoms in total. The van der Waals surface area contributed by atoms with E-state index in [-0.39, 0.29) is 6.03 Å². The molecule has 1 heterocycles. The van der Waals surface area contributed by atoms with E-state index in [1.165, 1.54) is 11.3 Å². The lowest BCUT2D eigenvalue weighted by Crippen LogP contribution is -2.31. The lowest BCUT2D eigenvalue weighted by molar-refractivity contribution is 0.150. The molecular formula is C9H15N3O2S. The molecule has 84 valence electrons. The van der Waals surface area contributed by atoms with E-state index in [2.05, 4.69) is 15.6 Å². The predicted molar refractivity (Wildman–Crippen MR) is 60.4 cm³/mol. The molecule has 0 aliphatic rings. The number of urea groups is 1. The number of aromatic nitrogens is 1. The Bertz CT molecular complexity index is 314. The Morgan fingerprint density at radius 2 is 2.47 bits per heavy atom. The molecule has 0 unspecified atom stereocenters. The summed E-state index contributed by atoms with van der Waals surface area (Å²) in [4.78, 5) is 16.4. The van der Waals surface area contributed by atoms with Crippen molar-refractivity contribution in [2.75, 3.05) is 25.1 Å². The van der Waals surface area contributed by atoms with Gasteiger partial charge in [-0.15, -0.1) is 11.3 Å². The van der Waals surface area contributed by atoms with Crippen LogP contribution in [0, 0.1) is 6.92 Å². The quantitative estimate of drug-likeness (QED) is 0.754. The molecule has 1 rings (SSSR count). The number of carbonyl (C=O) groups excluding carboxylic acids is 1. The third-order valence-electron chi connectivity index (χ3n) is 1.58. The molecule has 2 N–H and O–H groups in total. The second-order valence-electron chi connectivity index (χ2n) is 2.85. The first-order valence-electron chi connectivity index (χ1n) is 4.77. The molecule has 15 heavy (non-hydrogen) atoms. The second-order valence-corrected chi connectivity index (χ2v) is 4.09. The molecule has 0 fully saturated rings. The van der Waals surface area contributed by atoms with Crippen molar-refractivity contribution >= 4 is 22.5 Å². The fourth-order valence-electron chi connectivity index (χ4n) is 0.935. The maximum atomic E-state index is 11.3. The fourth-order valence-corrected chi connectivity index (χ4v) is 1.59. The molecular weight excluding hydrogens is 214 g/mol. The van der Waals surface area contributed by atoms with Crippen LogP contribution in [0.3, 0.4) is 0 Å². The number of amides is 2. The Morgan fingerprint density at radius 3 is 3.07 bits per heavy atom. The lowest BCUT2D eigenvalue weighted by Gasteiger charge is -2.04. The number of nitrogens with zero attached hydrogens (tertiary/aromatic N) is 1. The third-order valence-corrected chi connectivity index (χ3v) is 2.41. The van der Waals surface area contributed by atoms with E-state index in [0.717, 1.165) is 4.88 Å². The van der Waals surface area contributed by atoms with Gasteiger partial charge in [0.25, 0.3) is 0 Å². The molecule has 0 saturated carbocycles. The van der Waals surface area contributed by atoms with Gasteiger partial charge in [0.2, 0.25) is 0 Å². The van der Waals surface area contributed by atoms with Gasteiger partial charge in [-0.05, 0) is 13.8 Å². The van der Waals surface area contributed by atoms with Crippen LogP contribution in [0.1, 0.15) is 11.8 Å². The third kappa shape index (κ3) is 4.75. The highest BCUT2D eigenvalue weighted by Gasteiger charge is 2.03. The maximum absolute atomic E-state index is 11.3. The molecule has 0 bridgehead atoms. The lowest BCUT2D eigenvalue weighted by atomic mass is 10.6. The van der Waals surface area contributed by atoms with Gasteiger partial charge < -0.3 is 10.1 Å². The molecule has 0 aromatic carbocycles. The van der Waals surface area contributed by atoms with Crippen molar-refractivity contribution in [3.63, 3.8) is 0 Å². The average Bonchev–Trinajstić information content (AvgIpc) is 2.59. The van der Waals surface area contributed by atoms with Gasteiger partial charge in [-0.1, -0.05) is 0 Å². The molecule has 6 heteroatoms. The number of carbonyl (C=O) groups is 1. The van der Waals surface area contributed by atoms with Crippen molar-refractivity contribution in [1.29, 1.82) is 0 Å². The van der Waals surface area contributed by atoms with Crippen LogP contribution in [0.2, 0.25) is 0 Å². The van der Waals surface area contributed by atoms with Crippen molar-refractivity contribution < 1.29 is 9.53 Å². The number of hydrogen-bond acceptors (Lipinski definition) is 4. The summed E-state index contributed by atoms with van der Waals surface area (Å²) >= 11 is 1.45. The fraction of sp³-hybridized carbons (Fsp3) is 0.556. The summed E-state index contributed by atoms with van der Waals surface area (Å²) < 4.78 is 5.08. The van der Waals surface area contributed by atoms with Gasteiger partial charge in [0, 0.05) is 24.2 Å². The Balaban J connectivity index is 2.18. The maximum Gasteiger partial charge on any atom is 0.321 e. The zero-order chi connectivity index (χ0) is 11.1. The highest BCUT2D eigenvalue weighted by Crippen LogP contribution is 2.15. The zero-order valence-electron chi connectivity index (χ0n) is 8.87. The number of anilines is 1. The number of ether oxygens (including phenoxy) is 1. The Hall–Kier alpha value is -1.14. The topological polar surface area (TPSA) is 63.2 Å². The SMILES string of the molecule is CCOCCNC(=O)Nc1ncc(C)s1. The van der Waals surface area contributed by atoms with Crippen LogP contribution in [-0.4, -0.2) is 30.8 Å². The van der Waals surface area contributed by atoms with Gasteiger partial charge >= 0.3 is 6.03 Å². The number of nitrogens with one attached hydrogen (secondary N) is 2. The number of aryl methyl sites for hydroxylation is 1. The first-order chi connectivity index (χ1) is 7.22. The highest BCUT2D eigenvalue weighted by molar-refractivity contribution is 7.15. The molecule has 0 atom stereocenters. The summed E-state index contributed by atoms with van der Waals surface area (Å²) in [6, 6.07) is -0.246. The van der Waals surface area contributed by atoms with Crippen LogP contribution in [0.5, 0.6) is 0 Å². The summed E-state index contributed by atoms with van der Waals surface area (Å²) in [6.07, 6.45) is 1.72. The summed E-state index contributed by atoms with van der Waals surface area (Å²) in [5.74, 6) is 0. The predicted octanol–water partition coefficient (Wildman–Crippen LogP) is 1.61. The second kappa shape index (κ2) is 6.36. The minimum atomic E-state index is -0.246. The molecule has 0 aliphatic carbocycles. The molecule has 1 aromatic rings. The van der Waals surface area contributed by atoms with E-state index < -0.39 is 0 Å². The van der Waals surface area contributed by atoms with Crippen LogP contribution in [-0.2, 0) is 4.74 Å². The van der Waals surface area contributed by atoms with Crippen LogP contribution >= 0.6 is 11.3 Å². The summed E-state index contributed by atoms with van der Waals surface area (Å²) in [6.45, 7) is 5.55. The van der Waals surface area contributed by atoms with Gasteiger partial charge in [-0.3, -0.25) is 5.32 Å². The normalized spacial score (nSPS) is 10.0. The molecule has 0 spiro atoms. The first kappa shape index (κ1) is 11.9. The molecule has 0 saturated heterocycles. The monoisotopic (exact) mass is 229 g/mol. The smallest absolute Gasteiger partial charge is 0.321 e. The molecule has 0 aliphatic heterocycles. The van der Waals surface area contributed by atoms with E-state index in [4.69, 9.17) is 4.74 Å². The van der Waals surface area contributed by atoms with Gasteiger partial charge in [0.05, 0.1) is 6.61 Å². The van der Waals surface area contributed by atoms with Gasteiger partial charge in [-0.25, -0.2) is 9.78 Å². The van der Waals surface area contributed by atoms with E-state index in [1.807, 2.05) is 13.8 Å². The van der Waals surface area contributed by atoms with E-state index in [9.17, 15) is 4.79 Å². The summed E-state index contributed by atoms with van der Waals surface area (Å²) in [5, 5.41) is 5.92. The first-order valence-corrected chi connectivity index (χ1v) is 5.59. The van der Waals surface area contributed by atoms with E-state index in [1.54, 1.807) is 6.20 Å². The minimum absolute atomic E-state index is 0.246. The standard InChI is InChI=1S/C9H15N3O2S/c1-3-14-5-4-10-8(13)12-9-11-6-7(2)15-9/h6H,3-5H2,1-2H3,(H2,10,11,12,13). The van der Waals surface area contributed by atoms with Crippen LogP contribution in [0.15, 0.2) is 6.20 Å². The average molecular weight is 229 g/mol. The van der Waals surface area contributed by atoms with Crippen LogP contribution in [0.25, 0.3) is 0 Å². The van der Waals surface area contributed by atoms with Crippen LogP contribution < -0.4 is 10.6 Å². The summed E-state index contributed by atoms with van der Waals surface area (Å²) in [5.41, 5.74) is 0.